The van der Waals surface area contributed by atoms with Crippen LogP contribution in [0.5, 0.6) is 11.5 Å². The van der Waals surface area contributed by atoms with Crippen molar-refractivity contribution in [1.82, 2.24) is 10.2 Å². The molecule has 1 unspecified atom stereocenters. The summed E-state index contributed by atoms with van der Waals surface area (Å²) in [6, 6.07) is 7.74. The van der Waals surface area contributed by atoms with E-state index in [2.05, 4.69) is 16.3 Å². The van der Waals surface area contributed by atoms with Crippen molar-refractivity contribution < 1.29 is 9.47 Å². The van der Waals surface area contributed by atoms with Crippen LogP contribution in [0, 0.1) is 11.3 Å². The molecule has 1 N–H and O–H groups in total. The van der Waals surface area contributed by atoms with Gasteiger partial charge in [0.15, 0.2) is 11.5 Å². The van der Waals surface area contributed by atoms with Crippen LogP contribution in [0.3, 0.4) is 0 Å². The van der Waals surface area contributed by atoms with Gasteiger partial charge in [0.25, 0.3) is 0 Å². The van der Waals surface area contributed by atoms with Gasteiger partial charge in [0.1, 0.15) is 6.04 Å². The number of para-hydroxylation sites is 1. The number of nitrogens with one attached hydrogen (secondary N) is 1. The molecule has 0 aromatic heterocycles. The van der Waals surface area contributed by atoms with Gasteiger partial charge in [-0.1, -0.05) is 12.1 Å². The highest BCUT2D eigenvalue weighted by Gasteiger charge is 2.25. The van der Waals surface area contributed by atoms with Gasteiger partial charge in [-0.3, -0.25) is 4.90 Å². The van der Waals surface area contributed by atoms with Gasteiger partial charge in [-0.25, -0.2) is 0 Å². The Morgan fingerprint density at radius 2 is 2.00 bits per heavy atom. The maximum atomic E-state index is 9.51. The Hall–Kier alpha value is -1.77. The molecule has 1 atom stereocenters. The van der Waals surface area contributed by atoms with Crippen molar-refractivity contribution in [2.24, 2.45) is 0 Å². The van der Waals surface area contributed by atoms with Crippen LogP contribution in [0.25, 0.3) is 0 Å². The number of hydrogen-bond donors (Lipinski definition) is 1. The van der Waals surface area contributed by atoms with Crippen LogP contribution in [0.1, 0.15) is 11.6 Å². The number of benzene rings is 1. The minimum atomic E-state index is -0.299. The number of methoxy groups -OCH3 is 2. The smallest absolute Gasteiger partial charge is 0.166 e. The van der Waals surface area contributed by atoms with Crippen LogP contribution in [0.2, 0.25) is 0 Å². The van der Waals surface area contributed by atoms with E-state index in [1.165, 1.54) is 0 Å². The fourth-order valence-electron chi connectivity index (χ4n) is 2.42. The molecule has 0 saturated carbocycles. The SMILES string of the molecule is COc1cccc(C(C#N)N2CCNCC2)c1OC. The summed E-state index contributed by atoms with van der Waals surface area (Å²) >= 11 is 0. The first-order valence-electron chi connectivity index (χ1n) is 6.37. The zero-order valence-corrected chi connectivity index (χ0v) is 11.3. The van der Waals surface area contributed by atoms with Crippen molar-refractivity contribution in [1.29, 1.82) is 5.26 Å². The number of ether oxygens (including phenoxy) is 2. The Morgan fingerprint density at radius 3 is 2.58 bits per heavy atom. The first-order chi connectivity index (χ1) is 9.31. The molecule has 19 heavy (non-hydrogen) atoms. The second-order valence-corrected chi connectivity index (χ2v) is 4.40. The van der Waals surface area contributed by atoms with Crippen LogP contribution in [-0.4, -0.2) is 45.3 Å². The molecular formula is C14H19N3O2. The summed E-state index contributed by atoms with van der Waals surface area (Å²) in [7, 11) is 3.21. The summed E-state index contributed by atoms with van der Waals surface area (Å²) in [5.74, 6) is 1.31. The van der Waals surface area contributed by atoms with E-state index in [1.807, 2.05) is 18.2 Å². The van der Waals surface area contributed by atoms with E-state index in [9.17, 15) is 5.26 Å². The third-order valence-electron chi connectivity index (χ3n) is 3.37. The highest BCUT2D eigenvalue weighted by molar-refractivity contribution is 5.49. The summed E-state index contributed by atoms with van der Waals surface area (Å²) in [6.45, 7) is 3.53. The average Bonchev–Trinajstić information content (AvgIpc) is 2.48. The quantitative estimate of drug-likeness (QED) is 0.882. The number of hydrogen-bond acceptors (Lipinski definition) is 5. The van der Waals surface area contributed by atoms with Crippen LogP contribution in [-0.2, 0) is 0 Å². The van der Waals surface area contributed by atoms with Gasteiger partial charge in [0, 0.05) is 31.7 Å². The van der Waals surface area contributed by atoms with E-state index >= 15 is 0 Å². The number of nitriles is 1. The van der Waals surface area contributed by atoms with Crippen LogP contribution in [0.4, 0.5) is 0 Å². The topological polar surface area (TPSA) is 57.5 Å². The lowest BCUT2D eigenvalue weighted by molar-refractivity contribution is 0.203. The molecule has 0 amide bonds. The van der Waals surface area contributed by atoms with E-state index in [4.69, 9.17) is 9.47 Å². The lowest BCUT2D eigenvalue weighted by Gasteiger charge is -2.32. The molecular weight excluding hydrogens is 242 g/mol. The fourth-order valence-corrected chi connectivity index (χ4v) is 2.42. The first kappa shape index (κ1) is 13.7. The van der Waals surface area contributed by atoms with Gasteiger partial charge in [-0.05, 0) is 6.07 Å². The molecule has 1 heterocycles. The zero-order valence-electron chi connectivity index (χ0n) is 11.3. The Bertz CT molecular complexity index is 464. The summed E-state index contributed by atoms with van der Waals surface area (Å²) < 4.78 is 10.7. The Labute approximate surface area is 113 Å². The van der Waals surface area contributed by atoms with Gasteiger partial charge in [0.05, 0.1) is 20.3 Å². The third-order valence-corrected chi connectivity index (χ3v) is 3.37. The van der Waals surface area contributed by atoms with E-state index < -0.39 is 0 Å². The van der Waals surface area contributed by atoms with Gasteiger partial charge in [0.2, 0.25) is 0 Å². The maximum Gasteiger partial charge on any atom is 0.166 e. The average molecular weight is 261 g/mol. The standard InChI is InChI=1S/C14H19N3O2/c1-18-13-5-3-4-11(14(13)19-2)12(10-15)17-8-6-16-7-9-17/h3-5,12,16H,6-9H2,1-2H3. The van der Waals surface area contributed by atoms with Gasteiger partial charge < -0.3 is 14.8 Å². The van der Waals surface area contributed by atoms with Crippen molar-refractivity contribution in [3.8, 4) is 17.6 Å². The zero-order chi connectivity index (χ0) is 13.7. The van der Waals surface area contributed by atoms with Crippen LogP contribution in [0.15, 0.2) is 18.2 Å². The normalized spacial score (nSPS) is 17.5. The Balaban J connectivity index is 2.35. The molecule has 1 fully saturated rings. The molecule has 1 aliphatic rings. The molecule has 0 spiro atoms. The number of piperazine rings is 1. The summed E-state index contributed by atoms with van der Waals surface area (Å²) in [5, 5.41) is 12.8. The minimum absolute atomic E-state index is 0.299. The molecule has 0 bridgehead atoms. The molecule has 1 aliphatic heterocycles. The second kappa shape index (κ2) is 6.41. The largest absolute Gasteiger partial charge is 0.493 e. The van der Waals surface area contributed by atoms with Gasteiger partial charge in [-0.2, -0.15) is 5.26 Å². The van der Waals surface area contributed by atoms with E-state index in [0.29, 0.717) is 11.5 Å². The molecule has 5 nitrogen and oxygen atoms in total. The first-order valence-corrected chi connectivity index (χ1v) is 6.37. The van der Waals surface area contributed by atoms with Crippen molar-refractivity contribution in [3.05, 3.63) is 23.8 Å². The fraction of sp³-hybridized carbons (Fsp3) is 0.500. The molecule has 5 heteroatoms. The molecule has 0 radical (unpaired) electrons. The van der Waals surface area contributed by atoms with Crippen molar-refractivity contribution in [3.63, 3.8) is 0 Å². The highest BCUT2D eigenvalue weighted by Crippen LogP contribution is 2.36. The molecule has 2 rings (SSSR count). The predicted molar refractivity (Wildman–Crippen MR) is 72.3 cm³/mol. The lowest BCUT2D eigenvalue weighted by Crippen LogP contribution is -2.44. The third kappa shape index (κ3) is 2.80. The van der Waals surface area contributed by atoms with Crippen LogP contribution >= 0.6 is 0 Å². The second-order valence-electron chi connectivity index (χ2n) is 4.40. The van der Waals surface area contributed by atoms with E-state index in [-0.39, 0.29) is 6.04 Å². The highest BCUT2D eigenvalue weighted by atomic mass is 16.5. The summed E-state index contributed by atoms with van der Waals surface area (Å²) in [5.41, 5.74) is 0.867. The van der Waals surface area contributed by atoms with Crippen molar-refractivity contribution in [2.75, 3.05) is 40.4 Å². The molecule has 1 aromatic carbocycles. The Kier molecular flexibility index (Phi) is 4.61. The van der Waals surface area contributed by atoms with Crippen molar-refractivity contribution >= 4 is 0 Å². The van der Waals surface area contributed by atoms with Crippen molar-refractivity contribution in [2.45, 2.75) is 6.04 Å². The van der Waals surface area contributed by atoms with Crippen LogP contribution < -0.4 is 14.8 Å². The summed E-state index contributed by atoms with van der Waals surface area (Å²) in [6.07, 6.45) is 0. The van der Waals surface area contributed by atoms with Gasteiger partial charge in [-0.15, -0.1) is 0 Å². The van der Waals surface area contributed by atoms with E-state index in [0.717, 1.165) is 31.7 Å². The molecule has 1 aromatic rings. The van der Waals surface area contributed by atoms with E-state index in [1.54, 1.807) is 14.2 Å². The number of rotatable bonds is 4. The molecule has 1 saturated heterocycles. The number of nitrogens with zero attached hydrogens (tertiary/aromatic N) is 2. The van der Waals surface area contributed by atoms with Gasteiger partial charge >= 0.3 is 0 Å². The monoisotopic (exact) mass is 261 g/mol. The lowest BCUT2D eigenvalue weighted by atomic mass is 10.0. The molecule has 102 valence electrons. The maximum absolute atomic E-state index is 9.51. The minimum Gasteiger partial charge on any atom is -0.493 e. The predicted octanol–water partition coefficient (Wildman–Crippen LogP) is 1.17. The summed E-state index contributed by atoms with van der Waals surface area (Å²) in [4.78, 5) is 2.16. The molecule has 0 aliphatic carbocycles. The Morgan fingerprint density at radius 1 is 1.26 bits per heavy atom.